The van der Waals surface area contributed by atoms with E-state index in [0.29, 0.717) is 24.9 Å². The molecule has 104 valence electrons. The van der Waals surface area contributed by atoms with E-state index in [1.54, 1.807) is 4.31 Å². The summed E-state index contributed by atoms with van der Waals surface area (Å²) in [7, 11) is -3.02. The van der Waals surface area contributed by atoms with Crippen LogP contribution in [0.4, 0.5) is 0 Å². The molecule has 1 aromatic heterocycles. The number of sulfonamides is 1. The predicted octanol–water partition coefficient (Wildman–Crippen LogP) is 0.405. The Morgan fingerprint density at radius 3 is 2.42 bits per heavy atom. The van der Waals surface area contributed by atoms with E-state index in [1.165, 1.54) is 6.26 Å². The summed E-state index contributed by atoms with van der Waals surface area (Å²) in [5, 5.41) is 0. The minimum Gasteiger partial charge on any atom is -0.297 e. The third-order valence-electron chi connectivity index (χ3n) is 4.11. The quantitative estimate of drug-likeness (QED) is 0.805. The van der Waals surface area contributed by atoms with Gasteiger partial charge >= 0.3 is 0 Å². The van der Waals surface area contributed by atoms with E-state index in [0.717, 1.165) is 25.3 Å². The van der Waals surface area contributed by atoms with Gasteiger partial charge in [0.1, 0.15) is 0 Å². The minimum atomic E-state index is -3.02. The van der Waals surface area contributed by atoms with Gasteiger partial charge in [-0.3, -0.25) is 9.88 Å². The summed E-state index contributed by atoms with van der Waals surface area (Å²) in [4.78, 5) is 6.73. The lowest BCUT2D eigenvalue weighted by molar-refractivity contribution is 0.287. The highest BCUT2D eigenvalue weighted by molar-refractivity contribution is 7.88. The monoisotopic (exact) mass is 281 g/mol. The van der Waals surface area contributed by atoms with Gasteiger partial charge in [0, 0.05) is 38.9 Å². The lowest BCUT2D eigenvalue weighted by atomic mass is 10.0. The molecule has 1 aromatic rings. The highest BCUT2D eigenvalue weighted by Crippen LogP contribution is 2.32. The first-order chi connectivity index (χ1) is 9.02. The minimum absolute atomic E-state index is 0.485. The largest absolute Gasteiger partial charge is 0.297 e. The first kappa shape index (κ1) is 13.0. The van der Waals surface area contributed by atoms with E-state index in [1.807, 2.05) is 24.4 Å². The molecule has 0 spiro atoms. The Balaban J connectivity index is 1.60. The number of hydrogen-bond donors (Lipinski definition) is 0. The van der Waals surface area contributed by atoms with Crippen molar-refractivity contribution in [3.8, 4) is 0 Å². The molecule has 2 unspecified atom stereocenters. The maximum atomic E-state index is 11.5. The zero-order valence-corrected chi connectivity index (χ0v) is 11.9. The van der Waals surface area contributed by atoms with Gasteiger partial charge in [0.15, 0.2) is 0 Å². The summed E-state index contributed by atoms with van der Waals surface area (Å²) in [6.45, 7) is 4.19. The van der Waals surface area contributed by atoms with E-state index in [-0.39, 0.29) is 0 Å². The standard InChI is InChI=1S/C13H19N3O2S/c1-19(17,18)16-8-11-6-15(7-12(11)9-16)10-13-4-2-3-5-14-13/h2-5,11-12H,6-10H2,1H3. The van der Waals surface area contributed by atoms with Crippen LogP contribution in [0.2, 0.25) is 0 Å². The third-order valence-corrected chi connectivity index (χ3v) is 5.35. The summed E-state index contributed by atoms with van der Waals surface area (Å²) >= 11 is 0. The molecule has 6 heteroatoms. The van der Waals surface area contributed by atoms with Crippen molar-refractivity contribution in [1.29, 1.82) is 0 Å². The summed E-state index contributed by atoms with van der Waals surface area (Å²) in [6.07, 6.45) is 3.12. The molecule has 0 bridgehead atoms. The fraction of sp³-hybridized carbons (Fsp3) is 0.615. The average Bonchev–Trinajstić information content (AvgIpc) is 2.87. The van der Waals surface area contributed by atoms with E-state index in [4.69, 9.17) is 0 Å². The van der Waals surface area contributed by atoms with Gasteiger partial charge < -0.3 is 0 Å². The van der Waals surface area contributed by atoms with Crippen LogP contribution in [0.1, 0.15) is 5.69 Å². The molecule has 2 fully saturated rings. The van der Waals surface area contributed by atoms with E-state index in [9.17, 15) is 8.42 Å². The van der Waals surface area contributed by atoms with Gasteiger partial charge in [0.2, 0.25) is 10.0 Å². The second kappa shape index (κ2) is 4.85. The van der Waals surface area contributed by atoms with Gasteiger partial charge in [-0.2, -0.15) is 0 Å². The average molecular weight is 281 g/mol. The lowest BCUT2D eigenvalue weighted by Gasteiger charge is -2.19. The van der Waals surface area contributed by atoms with Crippen LogP contribution in [-0.2, 0) is 16.6 Å². The fourth-order valence-corrected chi connectivity index (χ4v) is 4.09. The number of likely N-dealkylation sites (tertiary alicyclic amines) is 1. The number of aromatic nitrogens is 1. The van der Waals surface area contributed by atoms with Gasteiger partial charge in [-0.15, -0.1) is 0 Å². The van der Waals surface area contributed by atoms with Crippen molar-refractivity contribution in [2.75, 3.05) is 32.4 Å². The van der Waals surface area contributed by atoms with Crippen LogP contribution in [0, 0.1) is 11.8 Å². The molecule has 2 aliphatic heterocycles. The molecule has 0 N–H and O–H groups in total. The Labute approximate surface area is 114 Å². The van der Waals surface area contributed by atoms with E-state index < -0.39 is 10.0 Å². The maximum absolute atomic E-state index is 11.5. The molecule has 2 atom stereocenters. The smallest absolute Gasteiger partial charge is 0.211 e. The second-order valence-corrected chi connectivity index (χ2v) is 7.60. The molecule has 5 nitrogen and oxygen atoms in total. The molecule has 0 aromatic carbocycles. The Bertz CT molecular complexity index is 532. The van der Waals surface area contributed by atoms with Crippen LogP contribution < -0.4 is 0 Å². The Morgan fingerprint density at radius 2 is 1.89 bits per heavy atom. The van der Waals surface area contributed by atoms with E-state index in [2.05, 4.69) is 9.88 Å². The summed E-state index contributed by atoms with van der Waals surface area (Å²) in [6, 6.07) is 5.97. The predicted molar refractivity (Wildman–Crippen MR) is 72.9 cm³/mol. The first-order valence-corrected chi connectivity index (χ1v) is 8.44. The number of fused-ring (bicyclic) bond motifs is 1. The number of nitrogens with zero attached hydrogens (tertiary/aromatic N) is 3. The van der Waals surface area contributed by atoms with Gasteiger partial charge in [-0.25, -0.2) is 12.7 Å². The molecule has 2 aliphatic rings. The van der Waals surface area contributed by atoms with Crippen LogP contribution in [0.25, 0.3) is 0 Å². The van der Waals surface area contributed by atoms with Crippen molar-refractivity contribution >= 4 is 10.0 Å². The lowest BCUT2D eigenvalue weighted by Crippen LogP contribution is -2.32. The topological polar surface area (TPSA) is 53.5 Å². The van der Waals surface area contributed by atoms with Crippen LogP contribution in [-0.4, -0.2) is 55.0 Å². The van der Waals surface area contributed by atoms with Crippen molar-refractivity contribution < 1.29 is 8.42 Å². The molecule has 0 amide bonds. The van der Waals surface area contributed by atoms with Crippen molar-refractivity contribution in [3.63, 3.8) is 0 Å². The molecule has 2 saturated heterocycles. The Kier molecular flexibility index (Phi) is 3.32. The maximum Gasteiger partial charge on any atom is 0.211 e. The molecular formula is C13H19N3O2S. The Hall–Kier alpha value is -0.980. The van der Waals surface area contributed by atoms with Crippen molar-refractivity contribution in [1.82, 2.24) is 14.2 Å². The van der Waals surface area contributed by atoms with Gasteiger partial charge in [-0.05, 0) is 24.0 Å². The molecule has 0 saturated carbocycles. The van der Waals surface area contributed by atoms with Crippen LogP contribution in [0.5, 0.6) is 0 Å². The van der Waals surface area contributed by atoms with E-state index >= 15 is 0 Å². The van der Waals surface area contributed by atoms with Crippen molar-refractivity contribution in [3.05, 3.63) is 30.1 Å². The van der Waals surface area contributed by atoms with Gasteiger partial charge in [-0.1, -0.05) is 6.07 Å². The second-order valence-electron chi connectivity index (χ2n) is 5.62. The summed E-state index contributed by atoms with van der Waals surface area (Å²) < 4.78 is 24.7. The Morgan fingerprint density at radius 1 is 1.21 bits per heavy atom. The molecule has 0 aliphatic carbocycles. The highest BCUT2D eigenvalue weighted by atomic mass is 32.2. The molecule has 3 heterocycles. The highest BCUT2D eigenvalue weighted by Gasteiger charge is 2.42. The number of pyridine rings is 1. The molecule has 0 radical (unpaired) electrons. The zero-order chi connectivity index (χ0) is 13.5. The normalized spacial score (nSPS) is 28.7. The molecule has 3 rings (SSSR count). The van der Waals surface area contributed by atoms with Crippen molar-refractivity contribution in [2.45, 2.75) is 6.54 Å². The van der Waals surface area contributed by atoms with Gasteiger partial charge in [0.05, 0.1) is 11.9 Å². The van der Waals surface area contributed by atoms with Crippen LogP contribution in [0.3, 0.4) is 0 Å². The zero-order valence-electron chi connectivity index (χ0n) is 11.1. The summed E-state index contributed by atoms with van der Waals surface area (Å²) in [5.74, 6) is 0.969. The number of hydrogen-bond acceptors (Lipinski definition) is 4. The van der Waals surface area contributed by atoms with Gasteiger partial charge in [0.25, 0.3) is 0 Å². The van der Waals surface area contributed by atoms with Crippen molar-refractivity contribution in [2.24, 2.45) is 11.8 Å². The van der Waals surface area contributed by atoms with Crippen LogP contribution in [0.15, 0.2) is 24.4 Å². The first-order valence-electron chi connectivity index (χ1n) is 6.60. The van der Waals surface area contributed by atoms with Crippen LogP contribution >= 0.6 is 0 Å². The SMILES string of the molecule is CS(=O)(=O)N1CC2CN(Cc3ccccn3)CC2C1. The molecular weight excluding hydrogens is 262 g/mol. The molecule has 19 heavy (non-hydrogen) atoms. The third kappa shape index (κ3) is 2.80. The fourth-order valence-electron chi connectivity index (χ4n) is 3.17. The number of rotatable bonds is 3. The summed E-state index contributed by atoms with van der Waals surface area (Å²) in [5.41, 5.74) is 1.09.